The van der Waals surface area contributed by atoms with Crippen LogP contribution in [0, 0.1) is 5.82 Å². The number of nitrogens with two attached hydrogens (primary N) is 1. The van der Waals surface area contributed by atoms with Crippen LogP contribution in [0.2, 0.25) is 5.02 Å². The first kappa shape index (κ1) is 14.8. The number of nitrogen functional groups attached to an aromatic ring is 1. The summed E-state index contributed by atoms with van der Waals surface area (Å²) in [6.45, 7) is 0.0000718. The highest BCUT2D eigenvalue weighted by Gasteiger charge is 2.13. The van der Waals surface area contributed by atoms with E-state index in [0.29, 0.717) is 21.3 Å². The van der Waals surface area contributed by atoms with Gasteiger partial charge in [0.15, 0.2) is 0 Å². The third-order valence-electron chi connectivity index (χ3n) is 2.60. The highest BCUT2D eigenvalue weighted by Crippen LogP contribution is 2.25. The number of esters is 1. The second kappa shape index (κ2) is 6.24. The number of anilines is 1. The zero-order valence-corrected chi connectivity index (χ0v) is 12.5. The van der Waals surface area contributed by atoms with Gasteiger partial charge in [-0.25, -0.2) is 9.18 Å². The van der Waals surface area contributed by atoms with E-state index in [2.05, 4.69) is 15.9 Å². The highest BCUT2D eigenvalue weighted by atomic mass is 79.9. The molecule has 0 aliphatic carbocycles. The molecule has 0 unspecified atom stereocenters. The molecule has 0 amide bonds. The molecule has 0 saturated heterocycles. The maximum absolute atomic E-state index is 13.0. The molecule has 2 aromatic carbocycles. The minimum absolute atomic E-state index is 0.0000718. The number of carbonyl (C=O) groups excluding carboxylic acids is 1. The van der Waals surface area contributed by atoms with Crippen LogP contribution in [0.15, 0.2) is 40.9 Å². The molecule has 0 bridgehead atoms. The lowest BCUT2D eigenvalue weighted by Gasteiger charge is -2.08. The van der Waals surface area contributed by atoms with Crippen molar-refractivity contribution in [1.29, 1.82) is 0 Å². The molecule has 0 heterocycles. The molecule has 6 heteroatoms. The average molecular weight is 359 g/mol. The summed E-state index contributed by atoms with van der Waals surface area (Å²) < 4.78 is 18.6. The van der Waals surface area contributed by atoms with E-state index < -0.39 is 11.8 Å². The Kier molecular flexibility index (Phi) is 4.62. The molecule has 2 aromatic rings. The molecular weight excluding hydrogens is 349 g/mol. The van der Waals surface area contributed by atoms with Crippen LogP contribution in [-0.4, -0.2) is 5.97 Å². The van der Waals surface area contributed by atoms with E-state index in [0.717, 1.165) is 0 Å². The van der Waals surface area contributed by atoms with E-state index >= 15 is 0 Å². The lowest BCUT2D eigenvalue weighted by molar-refractivity contribution is 0.0471. The Labute approximate surface area is 128 Å². The number of hydrogen-bond donors (Lipinski definition) is 1. The topological polar surface area (TPSA) is 52.3 Å². The molecule has 0 fully saturated rings. The van der Waals surface area contributed by atoms with Gasteiger partial charge in [0.05, 0.1) is 15.1 Å². The van der Waals surface area contributed by atoms with Crippen LogP contribution in [-0.2, 0) is 11.3 Å². The quantitative estimate of drug-likeness (QED) is 0.661. The van der Waals surface area contributed by atoms with Crippen LogP contribution >= 0.6 is 27.5 Å². The Morgan fingerprint density at radius 2 is 2.10 bits per heavy atom. The molecule has 2 rings (SSSR count). The summed E-state index contributed by atoms with van der Waals surface area (Å²) >= 11 is 8.88. The third-order valence-corrected chi connectivity index (χ3v) is 3.78. The summed E-state index contributed by atoms with van der Waals surface area (Å²) in [5.41, 5.74) is 7.07. The molecule has 0 spiro atoms. The number of hydrogen-bond acceptors (Lipinski definition) is 3. The molecule has 0 radical (unpaired) electrons. The number of benzene rings is 2. The van der Waals surface area contributed by atoms with E-state index in [9.17, 15) is 9.18 Å². The Hall–Kier alpha value is -1.59. The van der Waals surface area contributed by atoms with E-state index in [1.807, 2.05) is 0 Å². The van der Waals surface area contributed by atoms with Crippen molar-refractivity contribution in [1.82, 2.24) is 0 Å². The highest BCUT2D eigenvalue weighted by molar-refractivity contribution is 9.10. The molecule has 0 aromatic heterocycles. The van der Waals surface area contributed by atoms with Crippen LogP contribution in [0.4, 0.5) is 10.1 Å². The molecular formula is C14H10BrClFNO2. The van der Waals surface area contributed by atoms with Gasteiger partial charge < -0.3 is 10.5 Å². The van der Waals surface area contributed by atoms with Gasteiger partial charge in [-0.1, -0.05) is 23.7 Å². The van der Waals surface area contributed by atoms with Crippen molar-refractivity contribution in [2.75, 3.05) is 5.73 Å². The Morgan fingerprint density at radius 3 is 2.80 bits per heavy atom. The first-order valence-corrected chi connectivity index (χ1v) is 6.81. The normalized spacial score (nSPS) is 10.3. The average Bonchev–Trinajstić information content (AvgIpc) is 2.43. The van der Waals surface area contributed by atoms with Gasteiger partial charge in [-0.05, 0) is 45.8 Å². The van der Waals surface area contributed by atoms with E-state index in [1.165, 1.54) is 18.2 Å². The van der Waals surface area contributed by atoms with Gasteiger partial charge in [0, 0.05) is 5.69 Å². The fourth-order valence-corrected chi connectivity index (χ4v) is 2.19. The van der Waals surface area contributed by atoms with Crippen molar-refractivity contribution in [3.63, 3.8) is 0 Å². The van der Waals surface area contributed by atoms with Crippen molar-refractivity contribution in [3.05, 3.63) is 62.8 Å². The van der Waals surface area contributed by atoms with Crippen LogP contribution in [0.1, 0.15) is 15.9 Å². The smallest absolute Gasteiger partial charge is 0.339 e. The summed E-state index contributed by atoms with van der Waals surface area (Å²) in [7, 11) is 0. The number of ether oxygens (including phenoxy) is 1. The molecule has 0 aliphatic rings. The van der Waals surface area contributed by atoms with Gasteiger partial charge in [-0.2, -0.15) is 0 Å². The SMILES string of the molecule is Nc1cccc(C(=O)OCc2ccc(F)c(Cl)c2)c1Br. The van der Waals surface area contributed by atoms with Gasteiger partial charge in [0.25, 0.3) is 0 Å². The van der Waals surface area contributed by atoms with E-state index in [-0.39, 0.29) is 11.6 Å². The van der Waals surface area contributed by atoms with E-state index in [1.54, 1.807) is 18.2 Å². The predicted molar refractivity (Wildman–Crippen MR) is 79.1 cm³/mol. The minimum atomic E-state index is -0.523. The number of rotatable bonds is 3. The van der Waals surface area contributed by atoms with Crippen LogP contribution in [0.25, 0.3) is 0 Å². The molecule has 3 nitrogen and oxygen atoms in total. The first-order valence-electron chi connectivity index (χ1n) is 5.64. The summed E-state index contributed by atoms with van der Waals surface area (Å²) in [5.74, 6) is -1.04. The summed E-state index contributed by atoms with van der Waals surface area (Å²) in [4.78, 5) is 11.9. The Bertz CT molecular complexity index is 664. The predicted octanol–water partition coefficient (Wildman–Crippen LogP) is 4.18. The van der Waals surface area contributed by atoms with Crippen LogP contribution in [0.5, 0.6) is 0 Å². The van der Waals surface area contributed by atoms with Crippen molar-refractivity contribution < 1.29 is 13.9 Å². The molecule has 104 valence electrons. The van der Waals surface area contributed by atoms with Crippen LogP contribution < -0.4 is 5.73 Å². The van der Waals surface area contributed by atoms with Gasteiger partial charge >= 0.3 is 5.97 Å². The molecule has 2 N–H and O–H groups in total. The summed E-state index contributed by atoms with van der Waals surface area (Å²) in [6, 6.07) is 9.07. The van der Waals surface area contributed by atoms with Gasteiger partial charge in [0.2, 0.25) is 0 Å². The third kappa shape index (κ3) is 3.29. The van der Waals surface area contributed by atoms with Crippen molar-refractivity contribution in [3.8, 4) is 0 Å². The second-order valence-corrected chi connectivity index (χ2v) is 5.23. The fraction of sp³-hybridized carbons (Fsp3) is 0.0714. The maximum Gasteiger partial charge on any atom is 0.339 e. The second-order valence-electron chi connectivity index (χ2n) is 4.03. The fourth-order valence-electron chi connectivity index (χ4n) is 1.56. The first-order chi connectivity index (χ1) is 9.49. The molecule has 0 atom stereocenters. The Balaban J connectivity index is 2.08. The van der Waals surface area contributed by atoms with Crippen molar-refractivity contribution in [2.24, 2.45) is 0 Å². The van der Waals surface area contributed by atoms with Crippen molar-refractivity contribution >= 4 is 39.2 Å². The minimum Gasteiger partial charge on any atom is -0.457 e. The lowest BCUT2D eigenvalue weighted by atomic mass is 10.2. The summed E-state index contributed by atoms with van der Waals surface area (Å²) in [6.07, 6.45) is 0. The maximum atomic E-state index is 13.0. The van der Waals surface area contributed by atoms with Crippen LogP contribution in [0.3, 0.4) is 0 Å². The largest absolute Gasteiger partial charge is 0.457 e. The molecule has 20 heavy (non-hydrogen) atoms. The van der Waals surface area contributed by atoms with Gasteiger partial charge in [-0.3, -0.25) is 0 Å². The molecule has 0 saturated carbocycles. The van der Waals surface area contributed by atoms with Gasteiger partial charge in [0.1, 0.15) is 12.4 Å². The lowest BCUT2D eigenvalue weighted by Crippen LogP contribution is -2.07. The molecule has 0 aliphatic heterocycles. The van der Waals surface area contributed by atoms with Gasteiger partial charge in [-0.15, -0.1) is 0 Å². The van der Waals surface area contributed by atoms with E-state index in [4.69, 9.17) is 22.1 Å². The van der Waals surface area contributed by atoms with Crippen molar-refractivity contribution in [2.45, 2.75) is 6.61 Å². The monoisotopic (exact) mass is 357 g/mol. The standard InChI is InChI=1S/C14H10BrClFNO2/c15-13-9(2-1-3-12(13)18)14(19)20-7-8-4-5-11(17)10(16)6-8/h1-6H,7,18H2. The zero-order chi connectivity index (χ0) is 14.7. The summed E-state index contributed by atoms with van der Waals surface area (Å²) in [5, 5.41) is -0.0105. The Morgan fingerprint density at radius 1 is 1.35 bits per heavy atom. The number of carbonyl (C=O) groups is 1. The zero-order valence-electron chi connectivity index (χ0n) is 10.2. The number of halogens is 3.